The Kier molecular flexibility index (Phi) is 5.14. The number of carbonyl (C=O) groups is 1. The maximum atomic E-state index is 12.2. The van der Waals surface area contributed by atoms with Crippen LogP contribution in [0.5, 0.6) is 0 Å². The Morgan fingerprint density at radius 1 is 1.40 bits per heavy atom. The predicted molar refractivity (Wildman–Crippen MR) is 95.0 cm³/mol. The van der Waals surface area contributed by atoms with E-state index in [9.17, 15) is 13.2 Å². The number of hydrogen-bond donors (Lipinski definition) is 1. The van der Waals surface area contributed by atoms with Crippen LogP contribution in [-0.2, 0) is 14.6 Å². The highest BCUT2D eigenvalue weighted by Crippen LogP contribution is 2.26. The third-order valence-electron chi connectivity index (χ3n) is 3.90. The van der Waals surface area contributed by atoms with Gasteiger partial charge < -0.3 is 9.73 Å². The van der Waals surface area contributed by atoms with Gasteiger partial charge in [-0.1, -0.05) is 29.5 Å². The smallest absolute Gasteiger partial charge is 0.277 e. The van der Waals surface area contributed by atoms with Gasteiger partial charge >= 0.3 is 0 Å². The molecule has 1 aliphatic heterocycles. The summed E-state index contributed by atoms with van der Waals surface area (Å²) >= 11 is 1.15. The fourth-order valence-corrected chi connectivity index (χ4v) is 4.95. The molecule has 134 valence electrons. The average molecular weight is 381 g/mol. The molecule has 1 aliphatic rings. The van der Waals surface area contributed by atoms with Crippen molar-refractivity contribution in [3.63, 3.8) is 0 Å². The molecule has 25 heavy (non-hydrogen) atoms. The van der Waals surface area contributed by atoms with Crippen LogP contribution in [0.3, 0.4) is 0 Å². The molecule has 7 nitrogen and oxygen atoms in total. The van der Waals surface area contributed by atoms with Crippen LogP contribution in [0, 0.1) is 6.92 Å². The number of nitrogens with one attached hydrogen (secondary N) is 1. The minimum Gasteiger partial charge on any atom is -0.411 e. The second-order valence-corrected chi connectivity index (χ2v) is 9.63. The van der Waals surface area contributed by atoms with Gasteiger partial charge in [-0.25, -0.2) is 8.42 Å². The zero-order valence-electron chi connectivity index (χ0n) is 13.9. The van der Waals surface area contributed by atoms with Gasteiger partial charge in [0.2, 0.25) is 11.8 Å². The summed E-state index contributed by atoms with van der Waals surface area (Å²) in [5, 5.41) is 10.6. The van der Waals surface area contributed by atoms with E-state index in [0.29, 0.717) is 17.5 Å². The fraction of sp³-hybridized carbons (Fsp3) is 0.438. The van der Waals surface area contributed by atoms with Gasteiger partial charge in [-0.05, 0) is 32.4 Å². The van der Waals surface area contributed by atoms with Gasteiger partial charge in [0.05, 0.1) is 16.8 Å². The SMILES string of the molecule is Cc1cccc(-c2nnc(S[C@@H](C)C(=O)N[C@@H]3CCS(=O)(=O)C3)o2)c1. The number of sulfone groups is 1. The number of thioether (sulfide) groups is 1. The van der Waals surface area contributed by atoms with E-state index in [2.05, 4.69) is 15.5 Å². The first-order valence-corrected chi connectivity index (χ1v) is 10.6. The summed E-state index contributed by atoms with van der Waals surface area (Å²) < 4.78 is 28.5. The molecule has 0 saturated carbocycles. The van der Waals surface area contributed by atoms with Crippen molar-refractivity contribution in [2.24, 2.45) is 0 Å². The van der Waals surface area contributed by atoms with Crippen molar-refractivity contribution in [3.05, 3.63) is 29.8 Å². The second kappa shape index (κ2) is 7.17. The quantitative estimate of drug-likeness (QED) is 0.788. The van der Waals surface area contributed by atoms with Crippen molar-refractivity contribution in [3.8, 4) is 11.5 Å². The number of rotatable bonds is 5. The van der Waals surface area contributed by atoms with Crippen LogP contribution in [0.2, 0.25) is 0 Å². The summed E-state index contributed by atoms with van der Waals surface area (Å²) in [7, 11) is -3.02. The number of aryl methyl sites for hydroxylation is 1. The van der Waals surface area contributed by atoms with E-state index in [4.69, 9.17) is 4.42 Å². The molecule has 1 fully saturated rings. The fourth-order valence-electron chi connectivity index (χ4n) is 2.58. The molecule has 1 aromatic carbocycles. The molecule has 1 N–H and O–H groups in total. The molecule has 0 aliphatic carbocycles. The molecule has 1 amide bonds. The summed E-state index contributed by atoms with van der Waals surface area (Å²) in [6.45, 7) is 3.70. The van der Waals surface area contributed by atoms with E-state index in [1.165, 1.54) is 0 Å². The van der Waals surface area contributed by atoms with Crippen LogP contribution in [0.1, 0.15) is 18.9 Å². The number of amides is 1. The van der Waals surface area contributed by atoms with Crippen molar-refractivity contribution >= 4 is 27.5 Å². The second-order valence-electron chi connectivity index (χ2n) is 6.11. The largest absolute Gasteiger partial charge is 0.411 e. The maximum Gasteiger partial charge on any atom is 0.277 e. The molecule has 0 bridgehead atoms. The molecule has 9 heteroatoms. The lowest BCUT2D eigenvalue weighted by molar-refractivity contribution is -0.120. The molecule has 0 radical (unpaired) electrons. The first-order valence-electron chi connectivity index (χ1n) is 7.90. The summed E-state index contributed by atoms with van der Waals surface area (Å²) in [4.78, 5) is 12.2. The van der Waals surface area contributed by atoms with Crippen LogP contribution < -0.4 is 5.32 Å². The normalized spacial score (nSPS) is 20.3. The molecular formula is C16H19N3O4S2. The molecule has 0 spiro atoms. The zero-order valence-corrected chi connectivity index (χ0v) is 15.6. The topological polar surface area (TPSA) is 102 Å². The van der Waals surface area contributed by atoms with Gasteiger partial charge in [0, 0.05) is 11.6 Å². The Bertz CT molecular complexity index is 879. The van der Waals surface area contributed by atoms with Crippen molar-refractivity contribution < 1.29 is 17.6 Å². The monoisotopic (exact) mass is 381 g/mol. The summed E-state index contributed by atoms with van der Waals surface area (Å²) in [5.41, 5.74) is 1.91. The van der Waals surface area contributed by atoms with Crippen LogP contribution in [0.15, 0.2) is 33.9 Å². The summed E-state index contributed by atoms with van der Waals surface area (Å²) in [6, 6.07) is 7.40. The van der Waals surface area contributed by atoms with E-state index in [1.807, 2.05) is 31.2 Å². The van der Waals surface area contributed by atoms with E-state index in [-0.39, 0.29) is 23.5 Å². The van der Waals surface area contributed by atoms with Gasteiger partial charge in [0.15, 0.2) is 9.84 Å². The zero-order chi connectivity index (χ0) is 18.0. The molecule has 2 aromatic rings. The minimum absolute atomic E-state index is 0.00813. The first kappa shape index (κ1) is 17.9. The summed E-state index contributed by atoms with van der Waals surface area (Å²) in [6.07, 6.45) is 0.462. The lowest BCUT2D eigenvalue weighted by atomic mass is 10.1. The Morgan fingerprint density at radius 2 is 2.20 bits per heavy atom. The number of benzene rings is 1. The highest BCUT2D eigenvalue weighted by Gasteiger charge is 2.30. The van der Waals surface area contributed by atoms with Gasteiger partial charge in [0.25, 0.3) is 5.22 Å². The van der Waals surface area contributed by atoms with Crippen molar-refractivity contribution in [2.45, 2.75) is 36.8 Å². The van der Waals surface area contributed by atoms with Gasteiger partial charge in [-0.2, -0.15) is 0 Å². The standard InChI is InChI=1S/C16H19N3O4S2/c1-10-4-3-5-12(8-10)15-18-19-16(23-15)24-11(2)14(20)17-13-6-7-25(21,22)9-13/h3-5,8,11,13H,6-7,9H2,1-2H3,(H,17,20)/t11-,13+/m0/s1. The third-order valence-corrected chi connectivity index (χ3v) is 6.60. The number of nitrogens with zero attached hydrogens (tertiary/aromatic N) is 2. The van der Waals surface area contributed by atoms with Crippen LogP contribution in [0.25, 0.3) is 11.5 Å². The Balaban J connectivity index is 1.59. The number of aromatic nitrogens is 2. The van der Waals surface area contributed by atoms with Crippen molar-refractivity contribution in [2.75, 3.05) is 11.5 Å². The Labute approximate surface area is 150 Å². The van der Waals surface area contributed by atoms with Crippen molar-refractivity contribution in [1.29, 1.82) is 0 Å². The molecule has 3 rings (SSSR count). The van der Waals surface area contributed by atoms with Crippen LogP contribution in [0.4, 0.5) is 0 Å². The third kappa shape index (κ3) is 4.60. The average Bonchev–Trinajstić information content (AvgIpc) is 3.13. The number of carbonyl (C=O) groups excluding carboxylic acids is 1. The predicted octanol–water partition coefficient (Wildman–Crippen LogP) is 1.83. The highest BCUT2D eigenvalue weighted by atomic mass is 32.2. The molecule has 1 aromatic heterocycles. The molecule has 0 unspecified atom stereocenters. The van der Waals surface area contributed by atoms with Gasteiger partial charge in [0.1, 0.15) is 0 Å². The lowest BCUT2D eigenvalue weighted by Crippen LogP contribution is -2.39. The Morgan fingerprint density at radius 3 is 2.88 bits per heavy atom. The first-order chi connectivity index (χ1) is 11.8. The van der Waals surface area contributed by atoms with E-state index >= 15 is 0 Å². The Hall–Kier alpha value is -1.87. The lowest BCUT2D eigenvalue weighted by Gasteiger charge is -2.14. The molecule has 2 heterocycles. The number of hydrogen-bond acceptors (Lipinski definition) is 7. The van der Waals surface area contributed by atoms with Crippen LogP contribution >= 0.6 is 11.8 Å². The van der Waals surface area contributed by atoms with E-state index in [0.717, 1.165) is 22.9 Å². The van der Waals surface area contributed by atoms with Crippen LogP contribution in [-0.4, -0.2) is 47.3 Å². The molecule has 1 saturated heterocycles. The molecule has 2 atom stereocenters. The van der Waals surface area contributed by atoms with Gasteiger partial charge in [-0.15, -0.1) is 10.2 Å². The minimum atomic E-state index is -3.02. The maximum absolute atomic E-state index is 12.2. The van der Waals surface area contributed by atoms with E-state index in [1.54, 1.807) is 6.92 Å². The van der Waals surface area contributed by atoms with Gasteiger partial charge in [-0.3, -0.25) is 4.79 Å². The highest BCUT2D eigenvalue weighted by molar-refractivity contribution is 8.00. The van der Waals surface area contributed by atoms with Crippen molar-refractivity contribution in [1.82, 2.24) is 15.5 Å². The molecular weight excluding hydrogens is 362 g/mol. The van der Waals surface area contributed by atoms with E-state index < -0.39 is 15.1 Å². The summed E-state index contributed by atoms with van der Waals surface area (Å²) in [5.74, 6) is 0.306.